The predicted octanol–water partition coefficient (Wildman–Crippen LogP) is 5.32. The molecule has 0 N–H and O–H groups in total. The third-order valence-corrected chi connectivity index (χ3v) is 5.73. The molecule has 1 fully saturated rings. The summed E-state index contributed by atoms with van der Waals surface area (Å²) in [5.41, 5.74) is 4.49. The van der Waals surface area contributed by atoms with Gasteiger partial charge in [0, 0.05) is 59.7 Å². The molecule has 1 aliphatic heterocycles. The van der Waals surface area contributed by atoms with Crippen molar-refractivity contribution in [3.8, 4) is 5.69 Å². The van der Waals surface area contributed by atoms with Crippen molar-refractivity contribution in [2.24, 2.45) is 0 Å². The molecule has 0 atom stereocenters. The molecule has 2 heterocycles. The summed E-state index contributed by atoms with van der Waals surface area (Å²) in [7, 11) is 0. The average molecular weight is 427 g/mol. The molecule has 0 aliphatic carbocycles. The van der Waals surface area contributed by atoms with Crippen LogP contribution < -0.4 is 4.90 Å². The van der Waals surface area contributed by atoms with E-state index in [1.807, 2.05) is 41.2 Å². The molecule has 150 valence electrons. The van der Waals surface area contributed by atoms with Gasteiger partial charge in [0.25, 0.3) is 0 Å². The van der Waals surface area contributed by atoms with E-state index in [2.05, 4.69) is 46.1 Å². The Morgan fingerprint density at radius 1 is 0.931 bits per heavy atom. The molecule has 1 aromatic heterocycles. The summed E-state index contributed by atoms with van der Waals surface area (Å²) in [4.78, 5) is 4.79. The summed E-state index contributed by atoms with van der Waals surface area (Å²) in [6.45, 7) is 6.99. The Morgan fingerprint density at radius 2 is 1.62 bits per heavy atom. The first-order valence-electron chi connectivity index (χ1n) is 9.80. The van der Waals surface area contributed by atoms with Gasteiger partial charge in [-0.1, -0.05) is 53.6 Å². The topological polar surface area (TPSA) is 24.3 Å². The molecule has 0 amide bonds. The number of piperazine rings is 1. The lowest BCUT2D eigenvalue weighted by Crippen LogP contribution is -2.46. The number of hydrogen-bond acceptors (Lipinski definition) is 3. The van der Waals surface area contributed by atoms with Crippen LogP contribution >= 0.6 is 23.2 Å². The summed E-state index contributed by atoms with van der Waals surface area (Å²) in [5.74, 6) is 0. The van der Waals surface area contributed by atoms with Crippen molar-refractivity contribution in [3.05, 3.63) is 82.1 Å². The van der Waals surface area contributed by atoms with Crippen molar-refractivity contribution in [3.63, 3.8) is 0 Å². The van der Waals surface area contributed by atoms with E-state index in [1.165, 1.54) is 0 Å². The minimum atomic E-state index is 0.685. The van der Waals surface area contributed by atoms with Gasteiger partial charge in [-0.05, 0) is 37.3 Å². The lowest BCUT2D eigenvalue weighted by Gasteiger charge is -2.35. The minimum absolute atomic E-state index is 0.685. The number of anilines is 1. The van der Waals surface area contributed by atoms with E-state index in [1.54, 1.807) is 6.07 Å². The molecule has 6 heteroatoms. The maximum Gasteiger partial charge on any atom is 0.0648 e. The molecule has 1 aliphatic rings. The second kappa shape index (κ2) is 9.04. The van der Waals surface area contributed by atoms with Gasteiger partial charge in [0.2, 0.25) is 0 Å². The Morgan fingerprint density at radius 3 is 2.31 bits per heavy atom. The predicted molar refractivity (Wildman–Crippen MR) is 122 cm³/mol. The van der Waals surface area contributed by atoms with E-state index >= 15 is 0 Å². The molecular weight excluding hydrogens is 403 g/mol. The SMILES string of the molecule is Cc1c(C=CCN2CCN(c3cc(Cl)cc(Cl)c3)CC2)cnn1-c1ccccc1. The molecule has 0 bridgehead atoms. The monoisotopic (exact) mass is 426 g/mol. The van der Waals surface area contributed by atoms with Crippen molar-refractivity contribution < 1.29 is 0 Å². The van der Waals surface area contributed by atoms with Crippen LogP contribution in [-0.2, 0) is 0 Å². The third kappa shape index (κ3) is 4.84. The fraction of sp³-hybridized carbons (Fsp3) is 0.261. The quantitative estimate of drug-likeness (QED) is 0.551. The molecule has 0 spiro atoms. The first-order valence-corrected chi connectivity index (χ1v) is 10.6. The summed E-state index contributed by atoms with van der Waals surface area (Å²) in [5, 5.41) is 5.90. The van der Waals surface area contributed by atoms with Crippen LogP contribution in [0.5, 0.6) is 0 Å². The van der Waals surface area contributed by atoms with Gasteiger partial charge in [-0.2, -0.15) is 5.10 Å². The second-order valence-corrected chi connectivity index (χ2v) is 8.12. The lowest BCUT2D eigenvalue weighted by atomic mass is 10.2. The molecule has 0 saturated carbocycles. The van der Waals surface area contributed by atoms with Crippen molar-refractivity contribution in [2.45, 2.75) is 6.92 Å². The van der Waals surface area contributed by atoms with Gasteiger partial charge in [-0.3, -0.25) is 4.90 Å². The molecule has 3 aromatic rings. The molecule has 2 aromatic carbocycles. The first kappa shape index (κ1) is 20.0. The minimum Gasteiger partial charge on any atom is -0.369 e. The Hall–Kier alpha value is -2.27. The zero-order valence-corrected chi connectivity index (χ0v) is 17.9. The number of rotatable bonds is 5. The van der Waals surface area contributed by atoms with E-state index in [-0.39, 0.29) is 0 Å². The van der Waals surface area contributed by atoms with Gasteiger partial charge in [0.05, 0.1) is 11.9 Å². The van der Waals surface area contributed by atoms with Crippen LogP contribution in [-0.4, -0.2) is 47.4 Å². The highest BCUT2D eigenvalue weighted by atomic mass is 35.5. The number of hydrogen-bond donors (Lipinski definition) is 0. The van der Waals surface area contributed by atoms with Gasteiger partial charge in [-0.25, -0.2) is 4.68 Å². The summed E-state index contributed by atoms with van der Waals surface area (Å²) in [6, 6.07) is 16.0. The third-order valence-electron chi connectivity index (χ3n) is 5.29. The highest BCUT2D eigenvalue weighted by molar-refractivity contribution is 6.35. The van der Waals surface area contributed by atoms with E-state index in [0.717, 1.165) is 55.4 Å². The smallest absolute Gasteiger partial charge is 0.0648 e. The fourth-order valence-corrected chi connectivity index (χ4v) is 4.17. The normalized spacial score (nSPS) is 15.3. The van der Waals surface area contributed by atoms with E-state index in [9.17, 15) is 0 Å². The van der Waals surface area contributed by atoms with Gasteiger partial charge in [0.15, 0.2) is 0 Å². The van der Waals surface area contributed by atoms with Crippen LogP contribution in [0.4, 0.5) is 5.69 Å². The average Bonchev–Trinajstić information content (AvgIpc) is 3.09. The van der Waals surface area contributed by atoms with Crippen LogP contribution in [0.15, 0.2) is 60.8 Å². The Bertz CT molecular complexity index is 969. The van der Waals surface area contributed by atoms with Gasteiger partial charge in [-0.15, -0.1) is 0 Å². The molecule has 1 saturated heterocycles. The van der Waals surface area contributed by atoms with Crippen molar-refractivity contribution in [2.75, 3.05) is 37.6 Å². The molecule has 0 radical (unpaired) electrons. The van der Waals surface area contributed by atoms with E-state index in [0.29, 0.717) is 10.0 Å². The van der Waals surface area contributed by atoms with Crippen LogP contribution in [0, 0.1) is 6.92 Å². The molecular formula is C23H24Cl2N4. The summed E-state index contributed by atoms with van der Waals surface area (Å²) < 4.78 is 1.98. The molecule has 4 nitrogen and oxygen atoms in total. The Balaban J connectivity index is 1.33. The largest absolute Gasteiger partial charge is 0.369 e. The summed E-state index contributed by atoms with van der Waals surface area (Å²) >= 11 is 12.3. The van der Waals surface area contributed by atoms with Gasteiger partial charge < -0.3 is 4.90 Å². The highest BCUT2D eigenvalue weighted by Crippen LogP contribution is 2.26. The van der Waals surface area contributed by atoms with Gasteiger partial charge >= 0.3 is 0 Å². The zero-order valence-electron chi connectivity index (χ0n) is 16.4. The number of para-hydroxylation sites is 1. The van der Waals surface area contributed by atoms with Crippen LogP contribution in [0.1, 0.15) is 11.3 Å². The first-order chi connectivity index (χ1) is 14.1. The second-order valence-electron chi connectivity index (χ2n) is 7.25. The maximum atomic E-state index is 6.14. The number of nitrogens with zero attached hydrogens (tertiary/aromatic N) is 4. The van der Waals surface area contributed by atoms with Crippen LogP contribution in [0.25, 0.3) is 11.8 Å². The van der Waals surface area contributed by atoms with Gasteiger partial charge in [0.1, 0.15) is 0 Å². The van der Waals surface area contributed by atoms with Crippen molar-refractivity contribution >= 4 is 35.0 Å². The van der Waals surface area contributed by atoms with Crippen LogP contribution in [0.2, 0.25) is 10.0 Å². The molecule has 29 heavy (non-hydrogen) atoms. The highest BCUT2D eigenvalue weighted by Gasteiger charge is 2.17. The number of aromatic nitrogens is 2. The summed E-state index contributed by atoms with van der Waals surface area (Å²) in [6.07, 6.45) is 6.33. The van der Waals surface area contributed by atoms with Crippen molar-refractivity contribution in [1.29, 1.82) is 0 Å². The number of benzene rings is 2. The van der Waals surface area contributed by atoms with Crippen LogP contribution in [0.3, 0.4) is 0 Å². The molecule has 4 rings (SSSR count). The van der Waals surface area contributed by atoms with Crippen molar-refractivity contribution in [1.82, 2.24) is 14.7 Å². The molecule has 0 unspecified atom stereocenters. The standard InChI is InChI=1S/C23H24Cl2N4/c1-18-19(17-26-29(18)22-7-3-2-4-8-22)6-5-9-27-10-12-28(13-11-27)23-15-20(24)14-21(25)16-23/h2-8,14-17H,9-13H2,1H3. The lowest BCUT2D eigenvalue weighted by molar-refractivity contribution is 0.284. The maximum absolute atomic E-state index is 6.14. The Kier molecular flexibility index (Phi) is 6.24. The number of halogens is 2. The Labute approximate surface area is 182 Å². The zero-order chi connectivity index (χ0) is 20.2. The van der Waals surface area contributed by atoms with E-state index in [4.69, 9.17) is 23.2 Å². The van der Waals surface area contributed by atoms with E-state index < -0.39 is 0 Å². The fourth-order valence-electron chi connectivity index (χ4n) is 3.65.